The second kappa shape index (κ2) is 14.1. The molecule has 0 saturated carbocycles. The molecule has 0 amide bonds. The number of aryl methyl sites for hydroxylation is 2. The third-order valence-electron chi connectivity index (χ3n) is 8.45. The fraction of sp³-hybridized carbons (Fsp3) is 0.0588. The zero-order valence-electron chi connectivity index (χ0n) is 28.6. The SMILES string of the molecule is Cc1cc(-c2ccc(N=Nc3c(S(=O)(=O)O)cc4cc(S(=O)(=O)O)cc(N)c4c3O)c(C)c2)ccc1N=Nc1cc2ccc(S(=O)(=O)O)cc2cc1S(=O)(=O)O. The quantitative estimate of drug-likeness (QED) is 0.0470. The maximum atomic E-state index is 12.3. The highest BCUT2D eigenvalue weighted by Crippen LogP contribution is 2.45. The fourth-order valence-electron chi connectivity index (χ4n) is 5.73. The number of azo groups is 2. The van der Waals surface area contributed by atoms with E-state index in [1.807, 2.05) is 0 Å². The number of phenolic OH excluding ortho intramolecular Hbond substituents is 1. The van der Waals surface area contributed by atoms with Gasteiger partial charge in [-0.1, -0.05) is 18.2 Å². The Labute approximate surface area is 318 Å². The predicted molar refractivity (Wildman–Crippen MR) is 203 cm³/mol. The molecule has 290 valence electrons. The topological polar surface area (TPSA) is 313 Å². The van der Waals surface area contributed by atoms with Gasteiger partial charge in [-0.05, 0) is 119 Å². The van der Waals surface area contributed by atoms with E-state index in [1.54, 1.807) is 50.2 Å². The number of phenols is 1. The van der Waals surface area contributed by atoms with Crippen molar-refractivity contribution in [2.75, 3.05) is 5.73 Å². The monoisotopic (exact) mass is 841 g/mol. The number of hydrogen-bond acceptors (Lipinski definition) is 14. The van der Waals surface area contributed by atoms with Crippen LogP contribution in [0.4, 0.5) is 28.4 Å². The van der Waals surface area contributed by atoms with Crippen molar-refractivity contribution in [3.63, 3.8) is 0 Å². The number of hydrogen-bond donors (Lipinski definition) is 6. The lowest BCUT2D eigenvalue weighted by Gasteiger charge is -2.12. The highest BCUT2D eigenvalue weighted by atomic mass is 32.2. The van der Waals surface area contributed by atoms with Crippen LogP contribution in [0, 0.1) is 13.8 Å². The lowest BCUT2D eigenvalue weighted by molar-refractivity contribution is 0.472. The van der Waals surface area contributed by atoms with Gasteiger partial charge in [-0.15, -0.1) is 10.2 Å². The van der Waals surface area contributed by atoms with Crippen LogP contribution in [-0.2, 0) is 40.5 Å². The highest BCUT2D eigenvalue weighted by molar-refractivity contribution is 7.86. The van der Waals surface area contributed by atoms with Crippen molar-refractivity contribution < 1.29 is 57.0 Å². The lowest BCUT2D eigenvalue weighted by atomic mass is 10.0. The largest absolute Gasteiger partial charge is 0.505 e. The minimum Gasteiger partial charge on any atom is -0.505 e. The van der Waals surface area contributed by atoms with Gasteiger partial charge in [0.15, 0.2) is 5.75 Å². The maximum absolute atomic E-state index is 12.3. The van der Waals surface area contributed by atoms with Gasteiger partial charge in [-0.2, -0.15) is 43.9 Å². The van der Waals surface area contributed by atoms with Gasteiger partial charge in [0.25, 0.3) is 40.5 Å². The van der Waals surface area contributed by atoms with E-state index in [-0.39, 0.29) is 33.2 Å². The van der Waals surface area contributed by atoms with E-state index in [4.69, 9.17) is 5.73 Å². The Kier molecular flexibility index (Phi) is 10.1. The first-order valence-electron chi connectivity index (χ1n) is 15.5. The van der Waals surface area contributed by atoms with Crippen LogP contribution in [0.1, 0.15) is 11.1 Å². The average Bonchev–Trinajstić information content (AvgIpc) is 3.08. The van der Waals surface area contributed by atoms with Crippen LogP contribution >= 0.6 is 0 Å². The Morgan fingerprint density at radius 3 is 1.50 bits per heavy atom. The number of benzene rings is 6. The summed E-state index contributed by atoms with van der Waals surface area (Å²) < 4.78 is 134. The standard InChI is InChI=1S/C34H27N5O13S4/c1-17-9-19(4-7-27(17)36-38-29-13-21-3-6-24(53(41,42)43)11-22(21)14-30(29)55(47,48)49)20-5-8-28(18(2)10-20)37-39-33-31(56(50,51)52)15-23-12-25(54(44,45)46)16-26(35)32(23)34(33)40/h3-16,40H,35H2,1-2H3,(H,41,42,43)(H,44,45,46)(H,47,48,49)(H,50,51,52). The van der Waals surface area contributed by atoms with Crippen molar-refractivity contribution in [3.05, 3.63) is 96.1 Å². The Morgan fingerprint density at radius 1 is 0.482 bits per heavy atom. The molecule has 0 aliphatic heterocycles. The molecule has 6 aromatic rings. The van der Waals surface area contributed by atoms with Crippen LogP contribution in [-0.4, -0.2) is 57.0 Å². The minimum atomic E-state index is -5.06. The van der Waals surface area contributed by atoms with Gasteiger partial charge >= 0.3 is 0 Å². The molecule has 22 heteroatoms. The molecule has 0 fully saturated rings. The normalized spacial score (nSPS) is 13.0. The van der Waals surface area contributed by atoms with Gasteiger partial charge in [-0.3, -0.25) is 18.2 Å². The molecule has 56 heavy (non-hydrogen) atoms. The summed E-state index contributed by atoms with van der Waals surface area (Å²) in [4.78, 5) is -2.72. The molecular formula is C34H27N5O13S4. The molecule has 7 N–H and O–H groups in total. The minimum absolute atomic E-state index is 0.0917. The zero-order valence-corrected chi connectivity index (χ0v) is 31.9. The van der Waals surface area contributed by atoms with Gasteiger partial charge < -0.3 is 10.8 Å². The van der Waals surface area contributed by atoms with E-state index in [0.717, 1.165) is 36.4 Å². The summed E-state index contributed by atoms with van der Waals surface area (Å²) >= 11 is 0. The first-order chi connectivity index (χ1) is 25.9. The van der Waals surface area contributed by atoms with E-state index in [9.17, 15) is 57.0 Å². The van der Waals surface area contributed by atoms with E-state index >= 15 is 0 Å². The van der Waals surface area contributed by atoms with Crippen molar-refractivity contribution >= 4 is 90.5 Å². The Hall–Kier alpha value is -5.72. The van der Waals surface area contributed by atoms with Crippen LogP contribution in [0.25, 0.3) is 32.7 Å². The molecular weight excluding hydrogens is 815 g/mol. The van der Waals surface area contributed by atoms with Crippen molar-refractivity contribution in [2.24, 2.45) is 20.5 Å². The summed E-state index contributed by atoms with van der Waals surface area (Å²) in [6.07, 6.45) is 0. The molecule has 0 spiro atoms. The van der Waals surface area contributed by atoms with Crippen molar-refractivity contribution in [1.29, 1.82) is 0 Å². The number of nitrogens with zero attached hydrogens (tertiary/aromatic N) is 4. The molecule has 0 heterocycles. The summed E-state index contributed by atoms with van der Waals surface area (Å²) in [5.74, 6) is -0.829. The first-order valence-corrected chi connectivity index (χ1v) is 21.3. The smallest absolute Gasteiger partial charge is 0.296 e. The van der Waals surface area contributed by atoms with Gasteiger partial charge in [-0.25, -0.2) is 0 Å². The Morgan fingerprint density at radius 2 is 0.982 bits per heavy atom. The maximum Gasteiger partial charge on any atom is 0.296 e. The number of rotatable bonds is 9. The lowest BCUT2D eigenvalue weighted by Crippen LogP contribution is -2.02. The van der Waals surface area contributed by atoms with Crippen LogP contribution in [0.15, 0.2) is 125 Å². The van der Waals surface area contributed by atoms with Gasteiger partial charge in [0.2, 0.25) is 0 Å². The molecule has 0 atom stereocenters. The van der Waals surface area contributed by atoms with Gasteiger partial charge in [0, 0.05) is 11.1 Å². The van der Waals surface area contributed by atoms with Crippen LogP contribution in [0.2, 0.25) is 0 Å². The van der Waals surface area contributed by atoms with Crippen molar-refractivity contribution in [3.8, 4) is 16.9 Å². The van der Waals surface area contributed by atoms with E-state index < -0.39 is 71.5 Å². The third kappa shape index (κ3) is 8.12. The number of nitrogen functional groups attached to an aromatic ring is 1. The van der Waals surface area contributed by atoms with E-state index in [2.05, 4.69) is 20.5 Å². The summed E-state index contributed by atoms with van der Waals surface area (Å²) in [6, 6.07) is 18.3. The van der Waals surface area contributed by atoms with Crippen LogP contribution < -0.4 is 5.73 Å². The number of aromatic hydroxyl groups is 1. The van der Waals surface area contributed by atoms with Crippen LogP contribution in [0.5, 0.6) is 5.75 Å². The summed E-state index contributed by atoms with van der Waals surface area (Å²) in [5, 5.41) is 27.1. The second-order valence-electron chi connectivity index (χ2n) is 12.3. The summed E-state index contributed by atoms with van der Waals surface area (Å²) in [6.45, 7) is 3.39. The molecule has 18 nitrogen and oxygen atoms in total. The third-order valence-corrected chi connectivity index (χ3v) is 11.9. The predicted octanol–water partition coefficient (Wildman–Crippen LogP) is 7.38. The molecule has 0 aliphatic carbocycles. The number of nitrogens with two attached hydrogens (primary N) is 1. The number of fused-ring (bicyclic) bond motifs is 2. The molecule has 0 bridgehead atoms. The van der Waals surface area contributed by atoms with Gasteiger partial charge in [0.05, 0.1) is 21.2 Å². The van der Waals surface area contributed by atoms with E-state index in [1.165, 1.54) is 12.1 Å². The molecule has 0 unspecified atom stereocenters. The number of anilines is 1. The van der Waals surface area contributed by atoms with Crippen LogP contribution in [0.3, 0.4) is 0 Å². The molecule has 0 aromatic heterocycles. The summed E-state index contributed by atoms with van der Waals surface area (Å²) in [7, 11) is -19.3. The van der Waals surface area contributed by atoms with Crippen molar-refractivity contribution in [2.45, 2.75) is 33.4 Å². The summed E-state index contributed by atoms with van der Waals surface area (Å²) in [5.41, 5.74) is 7.75. The second-order valence-corrected chi connectivity index (χ2v) is 17.9. The molecule has 0 saturated heterocycles. The molecule has 6 aromatic carbocycles. The first kappa shape index (κ1) is 40.0. The Balaban J connectivity index is 1.31. The highest BCUT2D eigenvalue weighted by Gasteiger charge is 2.25. The average molecular weight is 842 g/mol. The molecule has 0 aliphatic rings. The fourth-order valence-corrected chi connectivity index (χ4v) is 8.09. The van der Waals surface area contributed by atoms with E-state index in [0.29, 0.717) is 33.3 Å². The molecule has 6 rings (SSSR count). The zero-order chi connectivity index (χ0) is 41.1. The van der Waals surface area contributed by atoms with Gasteiger partial charge in [0.1, 0.15) is 21.2 Å². The Bertz CT molecular complexity index is 3190. The van der Waals surface area contributed by atoms with Crippen molar-refractivity contribution in [1.82, 2.24) is 0 Å². The molecule has 0 radical (unpaired) electrons.